The van der Waals surface area contributed by atoms with Crippen molar-refractivity contribution >= 4 is 17.8 Å². The van der Waals surface area contributed by atoms with E-state index in [2.05, 4.69) is 5.32 Å². The van der Waals surface area contributed by atoms with E-state index in [4.69, 9.17) is 4.74 Å². The molecule has 1 aliphatic heterocycles. The monoisotopic (exact) mass is 358 g/mol. The Bertz CT molecular complexity index is 640. The number of benzene rings is 1. The van der Waals surface area contributed by atoms with Gasteiger partial charge in [0.1, 0.15) is 0 Å². The van der Waals surface area contributed by atoms with Crippen molar-refractivity contribution in [2.75, 3.05) is 19.7 Å². The number of carbonyl (C=O) groups is 3. The van der Waals surface area contributed by atoms with Crippen molar-refractivity contribution in [2.24, 2.45) is 5.92 Å². The van der Waals surface area contributed by atoms with Crippen LogP contribution in [0.4, 0.5) is 0 Å². The Morgan fingerprint density at radius 3 is 2.62 bits per heavy atom. The highest BCUT2D eigenvalue weighted by molar-refractivity contribution is 5.88. The molecule has 0 bridgehead atoms. The molecule has 1 saturated heterocycles. The molecule has 6 heteroatoms. The van der Waals surface area contributed by atoms with Gasteiger partial charge in [-0.3, -0.25) is 14.4 Å². The van der Waals surface area contributed by atoms with Crippen LogP contribution in [-0.4, -0.2) is 48.4 Å². The first-order valence-corrected chi connectivity index (χ1v) is 9.39. The smallest absolute Gasteiger partial charge is 0.311 e. The van der Waals surface area contributed by atoms with Crippen LogP contribution < -0.4 is 5.32 Å². The minimum Gasteiger partial charge on any atom is -0.455 e. The van der Waals surface area contributed by atoms with E-state index in [9.17, 15) is 14.4 Å². The van der Waals surface area contributed by atoms with E-state index >= 15 is 0 Å². The third kappa shape index (κ3) is 5.07. The molecule has 1 heterocycles. The number of ether oxygens (including phenoxy) is 1. The van der Waals surface area contributed by atoms with Crippen LogP contribution in [0.25, 0.3) is 0 Å². The van der Waals surface area contributed by atoms with Gasteiger partial charge in [-0.25, -0.2) is 0 Å². The molecule has 2 aliphatic rings. The molecular weight excluding hydrogens is 332 g/mol. The number of amides is 2. The lowest BCUT2D eigenvalue weighted by molar-refractivity contribution is -0.152. The van der Waals surface area contributed by atoms with E-state index in [0.717, 1.165) is 37.7 Å². The van der Waals surface area contributed by atoms with Gasteiger partial charge in [0.2, 0.25) is 5.91 Å². The molecule has 1 N–H and O–H groups in total. The largest absolute Gasteiger partial charge is 0.455 e. The van der Waals surface area contributed by atoms with Crippen LogP contribution >= 0.6 is 0 Å². The van der Waals surface area contributed by atoms with Crippen molar-refractivity contribution in [3.05, 3.63) is 35.9 Å². The first kappa shape index (κ1) is 18.4. The van der Waals surface area contributed by atoms with Gasteiger partial charge in [-0.1, -0.05) is 43.2 Å². The summed E-state index contributed by atoms with van der Waals surface area (Å²) in [5.74, 6) is -1.21. The van der Waals surface area contributed by atoms with Crippen LogP contribution in [0.3, 0.4) is 0 Å². The second-order valence-corrected chi connectivity index (χ2v) is 7.13. The molecule has 2 fully saturated rings. The van der Waals surface area contributed by atoms with Crippen molar-refractivity contribution in [1.29, 1.82) is 0 Å². The molecule has 1 aliphatic carbocycles. The summed E-state index contributed by atoms with van der Waals surface area (Å²) < 4.78 is 5.13. The number of nitrogens with zero attached hydrogens (tertiary/aromatic N) is 1. The van der Waals surface area contributed by atoms with E-state index in [1.54, 1.807) is 4.90 Å². The number of esters is 1. The molecule has 0 aromatic heterocycles. The maximum atomic E-state index is 12.2. The standard InChI is InChI=1S/C20H26N2O4/c23-18(21-17-8-4-5-9-17)14-26-20(25)16-12-19(24)22(13-16)11-10-15-6-2-1-3-7-15/h1-3,6-7,16-17H,4-5,8-14H2,(H,21,23)/t16-/m1/s1. The second-order valence-electron chi connectivity index (χ2n) is 7.13. The predicted octanol–water partition coefficient (Wildman–Crippen LogP) is 1.68. The predicted molar refractivity (Wildman–Crippen MR) is 96.2 cm³/mol. The quantitative estimate of drug-likeness (QED) is 0.753. The van der Waals surface area contributed by atoms with Gasteiger partial charge in [0.25, 0.3) is 5.91 Å². The molecule has 3 rings (SSSR count). The van der Waals surface area contributed by atoms with Gasteiger partial charge in [0.05, 0.1) is 5.92 Å². The first-order chi connectivity index (χ1) is 12.6. The van der Waals surface area contributed by atoms with E-state index in [0.29, 0.717) is 13.1 Å². The van der Waals surface area contributed by atoms with Crippen molar-refractivity contribution in [2.45, 2.75) is 44.6 Å². The van der Waals surface area contributed by atoms with Gasteiger partial charge in [-0.2, -0.15) is 0 Å². The molecule has 0 radical (unpaired) electrons. The number of carbonyl (C=O) groups excluding carboxylic acids is 3. The molecule has 6 nitrogen and oxygen atoms in total. The number of rotatable bonds is 7. The topological polar surface area (TPSA) is 75.7 Å². The number of nitrogens with one attached hydrogen (secondary N) is 1. The summed E-state index contributed by atoms with van der Waals surface area (Å²) in [4.78, 5) is 37.8. The molecule has 140 valence electrons. The molecule has 1 saturated carbocycles. The number of hydrogen-bond donors (Lipinski definition) is 1. The van der Waals surface area contributed by atoms with Crippen LogP contribution in [0.1, 0.15) is 37.7 Å². The van der Waals surface area contributed by atoms with Gasteiger partial charge in [0.15, 0.2) is 6.61 Å². The Labute approximate surface area is 153 Å². The highest BCUT2D eigenvalue weighted by atomic mass is 16.5. The summed E-state index contributed by atoms with van der Waals surface area (Å²) in [6.45, 7) is 0.702. The molecule has 2 amide bonds. The SMILES string of the molecule is O=C(COC(=O)[C@@H]1CC(=O)N(CCc2ccccc2)C1)NC1CCCC1. The maximum Gasteiger partial charge on any atom is 0.311 e. The van der Waals surface area contributed by atoms with Crippen LogP contribution in [0.15, 0.2) is 30.3 Å². The molecule has 26 heavy (non-hydrogen) atoms. The summed E-state index contributed by atoms with van der Waals surface area (Å²) in [5, 5.41) is 2.89. The highest BCUT2D eigenvalue weighted by Crippen LogP contribution is 2.20. The minimum atomic E-state index is -0.474. The van der Waals surface area contributed by atoms with Crippen LogP contribution in [-0.2, 0) is 25.5 Å². The number of hydrogen-bond acceptors (Lipinski definition) is 4. The van der Waals surface area contributed by atoms with Gasteiger partial charge in [0, 0.05) is 25.6 Å². The van der Waals surface area contributed by atoms with Crippen molar-refractivity contribution in [3.63, 3.8) is 0 Å². The lowest BCUT2D eigenvalue weighted by atomic mass is 10.1. The van der Waals surface area contributed by atoms with Crippen LogP contribution in [0.2, 0.25) is 0 Å². The molecule has 1 atom stereocenters. The second kappa shape index (κ2) is 8.83. The highest BCUT2D eigenvalue weighted by Gasteiger charge is 2.35. The fourth-order valence-electron chi connectivity index (χ4n) is 3.65. The van der Waals surface area contributed by atoms with Crippen molar-refractivity contribution < 1.29 is 19.1 Å². The zero-order chi connectivity index (χ0) is 18.4. The molecular formula is C20H26N2O4. The zero-order valence-corrected chi connectivity index (χ0v) is 15.0. The summed E-state index contributed by atoms with van der Waals surface area (Å²) >= 11 is 0. The van der Waals surface area contributed by atoms with E-state index in [-0.39, 0.29) is 30.9 Å². The molecule has 1 aromatic carbocycles. The van der Waals surface area contributed by atoms with Crippen molar-refractivity contribution in [3.8, 4) is 0 Å². The van der Waals surface area contributed by atoms with Crippen molar-refractivity contribution in [1.82, 2.24) is 10.2 Å². The average molecular weight is 358 g/mol. The number of likely N-dealkylation sites (tertiary alicyclic amines) is 1. The minimum absolute atomic E-state index is 0.0294. The van der Waals surface area contributed by atoms with Crippen LogP contribution in [0.5, 0.6) is 0 Å². The zero-order valence-electron chi connectivity index (χ0n) is 15.0. The molecule has 0 spiro atoms. The lowest BCUT2D eigenvalue weighted by Crippen LogP contribution is -2.36. The van der Waals surface area contributed by atoms with E-state index in [1.807, 2.05) is 30.3 Å². The lowest BCUT2D eigenvalue weighted by Gasteiger charge is -2.16. The Balaban J connectivity index is 1.39. The van der Waals surface area contributed by atoms with Gasteiger partial charge in [-0.15, -0.1) is 0 Å². The Hall–Kier alpha value is -2.37. The third-order valence-corrected chi connectivity index (χ3v) is 5.13. The maximum absolute atomic E-state index is 12.2. The molecule has 1 aromatic rings. The van der Waals surface area contributed by atoms with Gasteiger partial charge in [-0.05, 0) is 24.8 Å². The first-order valence-electron chi connectivity index (χ1n) is 9.39. The fraction of sp³-hybridized carbons (Fsp3) is 0.550. The van der Waals surface area contributed by atoms with E-state index < -0.39 is 11.9 Å². The normalized spacial score (nSPS) is 20.4. The van der Waals surface area contributed by atoms with Gasteiger partial charge >= 0.3 is 5.97 Å². The van der Waals surface area contributed by atoms with E-state index in [1.165, 1.54) is 0 Å². The Morgan fingerprint density at radius 1 is 1.15 bits per heavy atom. The van der Waals surface area contributed by atoms with Gasteiger partial charge < -0.3 is 15.0 Å². The Morgan fingerprint density at radius 2 is 1.88 bits per heavy atom. The summed E-state index contributed by atoms with van der Waals surface area (Å²) in [5.41, 5.74) is 1.16. The fourth-order valence-corrected chi connectivity index (χ4v) is 3.65. The van der Waals surface area contributed by atoms with Crippen LogP contribution in [0, 0.1) is 5.92 Å². The molecule has 0 unspecified atom stereocenters. The Kier molecular flexibility index (Phi) is 6.26. The summed E-state index contributed by atoms with van der Waals surface area (Å²) in [7, 11) is 0. The summed E-state index contributed by atoms with van der Waals surface area (Å²) in [6.07, 6.45) is 5.18. The average Bonchev–Trinajstić information content (AvgIpc) is 3.28. The summed E-state index contributed by atoms with van der Waals surface area (Å²) in [6, 6.07) is 10.2. The third-order valence-electron chi connectivity index (χ3n) is 5.13.